The molecule has 0 amide bonds. The molecule has 5 nitrogen and oxygen atoms in total. The van der Waals surface area contributed by atoms with Crippen LogP contribution in [0.2, 0.25) is 0 Å². The van der Waals surface area contributed by atoms with Crippen LogP contribution in [0.15, 0.2) is 47.5 Å². The first-order valence-corrected chi connectivity index (χ1v) is 8.91. The average Bonchev–Trinajstić information content (AvgIpc) is 2.66. The molecule has 2 aromatic heterocycles. The summed E-state index contributed by atoms with van der Waals surface area (Å²) < 4.78 is 0. The quantitative estimate of drug-likeness (QED) is 0.792. The van der Waals surface area contributed by atoms with Crippen molar-refractivity contribution in [3.05, 3.63) is 81.0 Å². The Balaban J connectivity index is 1.57. The summed E-state index contributed by atoms with van der Waals surface area (Å²) in [6, 6.07) is 10.3. The number of aryl methyl sites for hydroxylation is 2. The van der Waals surface area contributed by atoms with Gasteiger partial charge in [-0.25, -0.2) is 4.98 Å². The van der Waals surface area contributed by atoms with E-state index in [2.05, 4.69) is 51.9 Å². The number of aromatic amines is 1. The van der Waals surface area contributed by atoms with Crippen molar-refractivity contribution in [1.82, 2.24) is 19.9 Å². The molecule has 3 heterocycles. The molecule has 132 valence electrons. The topological polar surface area (TPSA) is 61.9 Å². The molecule has 4 rings (SSSR count). The number of hydrogen-bond donors (Lipinski definition) is 1. The van der Waals surface area contributed by atoms with E-state index in [0.29, 0.717) is 12.4 Å². The summed E-state index contributed by atoms with van der Waals surface area (Å²) in [5.41, 5.74) is 6.38. The van der Waals surface area contributed by atoms with Gasteiger partial charge in [-0.15, -0.1) is 0 Å². The summed E-state index contributed by atoms with van der Waals surface area (Å²) in [6.45, 7) is 6.66. The second kappa shape index (κ2) is 6.84. The third-order valence-corrected chi connectivity index (χ3v) is 5.06. The summed E-state index contributed by atoms with van der Waals surface area (Å²) in [4.78, 5) is 26.6. The lowest BCUT2D eigenvalue weighted by Gasteiger charge is -2.28. The van der Waals surface area contributed by atoms with Crippen LogP contribution in [0.25, 0.3) is 11.4 Å². The number of nitrogens with one attached hydrogen (secondary N) is 1. The largest absolute Gasteiger partial charge is 0.306 e. The fraction of sp³-hybridized carbons (Fsp3) is 0.286. The van der Waals surface area contributed by atoms with Crippen LogP contribution in [-0.2, 0) is 19.5 Å². The van der Waals surface area contributed by atoms with Gasteiger partial charge in [0.05, 0.1) is 11.3 Å². The van der Waals surface area contributed by atoms with Crippen molar-refractivity contribution < 1.29 is 0 Å². The Bertz CT molecular complexity index is 995. The van der Waals surface area contributed by atoms with E-state index in [1.165, 1.54) is 16.7 Å². The van der Waals surface area contributed by atoms with Gasteiger partial charge in [0, 0.05) is 44.0 Å². The van der Waals surface area contributed by atoms with Gasteiger partial charge in [0.2, 0.25) is 0 Å². The Kier molecular flexibility index (Phi) is 4.39. The van der Waals surface area contributed by atoms with Gasteiger partial charge in [0.25, 0.3) is 5.56 Å². The lowest BCUT2D eigenvalue weighted by atomic mass is 10.0. The second-order valence-corrected chi connectivity index (χ2v) is 6.96. The van der Waals surface area contributed by atoms with Gasteiger partial charge in [-0.2, -0.15) is 0 Å². The fourth-order valence-electron chi connectivity index (χ4n) is 3.42. The lowest BCUT2D eigenvalue weighted by molar-refractivity contribution is 0.242. The fourth-order valence-corrected chi connectivity index (χ4v) is 3.42. The average molecular weight is 346 g/mol. The van der Waals surface area contributed by atoms with Crippen LogP contribution in [0.4, 0.5) is 0 Å². The van der Waals surface area contributed by atoms with E-state index in [1.807, 2.05) is 12.1 Å². The summed E-state index contributed by atoms with van der Waals surface area (Å²) in [5, 5.41) is 0. The minimum Gasteiger partial charge on any atom is -0.306 e. The summed E-state index contributed by atoms with van der Waals surface area (Å²) in [7, 11) is 0. The van der Waals surface area contributed by atoms with Crippen LogP contribution in [0.5, 0.6) is 0 Å². The van der Waals surface area contributed by atoms with Crippen molar-refractivity contribution in [2.24, 2.45) is 0 Å². The number of aromatic nitrogens is 3. The van der Waals surface area contributed by atoms with Crippen molar-refractivity contribution in [2.75, 3.05) is 6.54 Å². The van der Waals surface area contributed by atoms with Crippen LogP contribution in [0, 0.1) is 13.8 Å². The number of pyridine rings is 1. The predicted octanol–water partition coefficient (Wildman–Crippen LogP) is 3.01. The van der Waals surface area contributed by atoms with Gasteiger partial charge in [-0.3, -0.25) is 14.7 Å². The zero-order chi connectivity index (χ0) is 18.1. The van der Waals surface area contributed by atoms with E-state index in [4.69, 9.17) is 0 Å². The molecule has 0 bridgehead atoms. The Morgan fingerprint density at radius 2 is 2.08 bits per heavy atom. The van der Waals surface area contributed by atoms with Crippen molar-refractivity contribution in [3.63, 3.8) is 0 Å². The van der Waals surface area contributed by atoms with Gasteiger partial charge in [-0.05, 0) is 42.7 Å². The maximum absolute atomic E-state index is 12.6. The van der Waals surface area contributed by atoms with Gasteiger partial charge >= 0.3 is 0 Å². The molecule has 0 saturated heterocycles. The summed E-state index contributed by atoms with van der Waals surface area (Å²) in [6.07, 6.45) is 4.22. The molecule has 1 N–H and O–H groups in total. The molecule has 0 spiro atoms. The second-order valence-electron chi connectivity index (χ2n) is 6.96. The number of hydrogen-bond acceptors (Lipinski definition) is 4. The Morgan fingerprint density at radius 3 is 2.85 bits per heavy atom. The Morgan fingerprint density at radius 1 is 1.19 bits per heavy atom. The van der Waals surface area contributed by atoms with Crippen LogP contribution >= 0.6 is 0 Å². The van der Waals surface area contributed by atoms with Crippen molar-refractivity contribution in [2.45, 2.75) is 33.4 Å². The first-order valence-electron chi connectivity index (χ1n) is 8.91. The summed E-state index contributed by atoms with van der Waals surface area (Å²) in [5.74, 6) is 0.601. The maximum atomic E-state index is 12.6. The zero-order valence-electron chi connectivity index (χ0n) is 15.1. The predicted molar refractivity (Wildman–Crippen MR) is 102 cm³/mol. The highest BCUT2D eigenvalue weighted by Crippen LogP contribution is 2.20. The molecule has 26 heavy (non-hydrogen) atoms. The van der Waals surface area contributed by atoms with Crippen molar-refractivity contribution in [1.29, 1.82) is 0 Å². The SMILES string of the molecule is Cc1ccc(CN2CCc3nc(-c4cccnc4)[nH]c(=O)c3C2)cc1C. The lowest BCUT2D eigenvalue weighted by Crippen LogP contribution is -2.35. The smallest absolute Gasteiger partial charge is 0.255 e. The molecule has 0 radical (unpaired) electrons. The minimum atomic E-state index is -0.0429. The van der Waals surface area contributed by atoms with E-state index in [9.17, 15) is 4.79 Å². The van der Waals surface area contributed by atoms with Crippen LogP contribution in [0.1, 0.15) is 27.9 Å². The number of H-pyrrole nitrogens is 1. The molecule has 0 fully saturated rings. The van der Waals surface area contributed by atoms with Gasteiger partial charge in [0.15, 0.2) is 0 Å². The van der Waals surface area contributed by atoms with Gasteiger partial charge in [0.1, 0.15) is 5.82 Å². The third kappa shape index (κ3) is 3.30. The van der Waals surface area contributed by atoms with E-state index >= 15 is 0 Å². The highest BCUT2D eigenvalue weighted by Gasteiger charge is 2.21. The van der Waals surface area contributed by atoms with Crippen LogP contribution < -0.4 is 5.56 Å². The van der Waals surface area contributed by atoms with E-state index in [0.717, 1.165) is 36.3 Å². The summed E-state index contributed by atoms with van der Waals surface area (Å²) >= 11 is 0. The van der Waals surface area contributed by atoms with E-state index < -0.39 is 0 Å². The first kappa shape index (κ1) is 16.7. The highest BCUT2D eigenvalue weighted by atomic mass is 16.1. The van der Waals surface area contributed by atoms with Gasteiger partial charge in [-0.1, -0.05) is 18.2 Å². The first-order chi connectivity index (χ1) is 12.6. The molecule has 0 unspecified atom stereocenters. The van der Waals surface area contributed by atoms with Gasteiger partial charge < -0.3 is 4.98 Å². The van der Waals surface area contributed by atoms with Crippen molar-refractivity contribution in [3.8, 4) is 11.4 Å². The molecule has 5 heteroatoms. The number of benzene rings is 1. The molecule has 3 aromatic rings. The number of rotatable bonds is 3. The van der Waals surface area contributed by atoms with Crippen LogP contribution in [-0.4, -0.2) is 26.4 Å². The van der Waals surface area contributed by atoms with E-state index in [-0.39, 0.29) is 5.56 Å². The normalized spacial score (nSPS) is 14.2. The third-order valence-electron chi connectivity index (χ3n) is 5.06. The molecule has 0 aliphatic carbocycles. The molecular formula is C21H22N4O. The van der Waals surface area contributed by atoms with Crippen molar-refractivity contribution >= 4 is 0 Å². The maximum Gasteiger partial charge on any atom is 0.255 e. The Hall–Kier alpha value is -2.79. The van der Waals surface area contributed by atoms with Crippen LogP contribution in [0.3, 0.4) is 0 Å². The monoisotopic (exact) mass is 346 g/mol. The molecule has 1 aromatic carbocycles. The minimum absolute atomic E-state index is 0.0429. The molecule has 0 saturated carbocycles. The standard InChI is InChI=1S/C21H22N4O/c1-14-5-6-16(10-15(14)2)12-25-9-7-19-18(13-25)21(26)24-20(23-19)17-4-3-8-22-11-17/h3-6,8,10-11H,7,9,12-13H2,1-2H3,(H,23,24,26). The number of fused-ring (bicyclic) bond motifs is 1. The highest BCUT2D eigenvalue weighted by molar-refractivity contribution is 5.53. The molecule has 1 aliphatic heterocycles. The van der Waals surface area contributed by atoms with E-state index in [1.54, 1.807) is 12.4 Å². The number of nitrogens with zero attached hydrogens (tertiary/aromatic N) is 3. The molecular weight excluding hydrogens is 324 g/mol. The molecule has 1 aliphatic rings. The Labute approximate surface area is 152 Å². The molecule has 0 atom stereocenters. The zero-order valence-corrected chi connectivity index (χ0v) is 15.1.